The van der Waals surface area contributed by atoms with Crippen molar-refractivity contribution in [3.8, 4) is 0 Å². The van der Waals surface area contributed by atoms with Gasteiger partial charge in [0.05, 0.1) is 11.4 Å². The second-order valence-electron chi connectivity index (χ2n) is 5.45. The Balaban J connectivity index is 2.10. The Morgan fingerprint density at radius 3 is 2.50 bits per heavy atom. The number of hydrogen-bond donors (Lipinski definition) is 1. The van der Waals surface area contributed by atoms with Gasteiger partial charge in [0.25, 0.3) is 0 Å². The summed E-state index contributed by atoms with van der Waals surface area (Å²) in [5.74, 6) is -0.495. The van der Waals surface area contributed by atoms with Crippen molar-refractivity contribution in [2.24, 2.45) is 5.10 Å². The highest BCUT2D eigenvalue weighted by Gasteiger charge is 2.18. The summed E-state index contributed by atoms with van der Waals surface area (Å²) in [7, 11) is 0. The average Bonchev–Trinajstić information content (AvgIpc) is 2.52. The lowest BCUT2D eigenvalue weighted by Crippen LogP contribution is -2.46. The quantitative estimate of drug-likeness (QED) is 0.682. The van der Waals surface area contributed by atoms with E-state index in [9.17, 15) is 9.18 Å². The van der Waals surface area contributed by atoms with E-state index < -0.39 is 0 Å². The molecule has 1 saturated heterocycles. The minimum absolute atomic E-state index is 0.245. The lowest BCUT2D eigenvalue weighted by molar-refractivity contribution is -0.118. The minimum atomic E-state index is -0.250. The number of halogens is 1. The number of carbonyl (C=O) groups is 1. The van der Waals surface area contributed by atoms with E-state index in [1.807, 2.05) is 6.07 Å². The molecule has 0 aromatic heterocycles. The van der Waals surface area contributed by atoms with Crippen LogP contribution >= 0.6 is 0 Å². The molecule has 0 saturated carbocycles. The van der Waals surface area contributed by atoms with Crippen LogP contribution in [0.5, 0.6) is 0 Å². The number of hydrazone groups is 1. The lowest BCUT2D eigenvalue weighted by atomic mass is 10.1. The maximum Gasteiger partial charge on any atom is 0.236 e. The molecule has 1 fully saturated rings. The first-order chi connectivity index (χ1) is 10.5. The molecule has 1 aromatic rings. The monoisotopic (exact) mass is 306 g/mol. The maximum atomic E-state index is 14.4. The number of amides is 1. The topological polar surface area (TPSA) is 47.9 Å². The number of benzene rings is 1. The van der Waals surface area contributed by atoms with Crippen LogP contribution in [0.2, 0.25) is 0 Å². The van der Waals surface area contributed by atoms with Gasteiger partial charge in [-0.2, -0.15) is 5.10 Å². The van der Waals surface area contributed by atoms with Gasteiger partial charge >= 0.3 is 0 Å². The largest absolute Gasteiger partial charge is 0.367 e. The zero-order valence-electron chi connectivity index (χ0n) is 13.4. The Hall–Kier alpha value is -1.95. The molecule has 1 aliphatic heterocycles. The van der Waals surface area contributed by atoms with Crippen LogP contribution in [-0.2, 0) is 4.79 Å². The normalized spacial score (nSPS) is 16.7. The molecule has 1 heterocycles. The smallest absolute Gasteiger partial charge is 0.236 e. The van der Waals surface area contributed by atoms with E-state index in [2.05, 4.69) is 27.3 Å². The summed E-state index contributed by atoms with van der Waals surface area (Å²) in [5, 5.41) is 3.93. The number of piperazine rings is 1. The van der Waals surface area contributed by atoms with Gasteiger partial charge in [0.15, 0.2) is 0 Å². The molecule has 1 aliphatic rings. The molecule has 2 rings (SSSR count). The summed E-state index contributed by atoms with van der Waals surface area (Å²) in [6.07, 6.45) is 0. The summed E-state index contributed by atoms with van der Waals surface area (Å²) >= 11 is 0. The van der Waals surface area contributed by atoms with Crippen molar-refractivity contribution in [2.75, 3.05) is 37.6 Å². The summed E-state index contributed by atoms with van der Waals surface area (Å²) in [4.78, 5) is 15.3. The molecular formula is C16H23FN4O. The standard InChI is InChI=1S/C16H23FN4O/c1-4-20-7-9-21(10-8-20)16-6-5-14(11-15(16)17)12(2)18-19-13(3)22/h5-6,11H,4,7-10H2,1-3H3,(H,19,22)/b18-12-. The fourth-order valence-corrected chi connectivity index (χ4v) is 2.52. The number of nitrogens with one attached hydrogen (secondary N) is 1. The molecule has 1 N–H and O–H groups in total. The summed E-state index contributed by atoms with van der Waals surface area (Å²) in [5.41, 5.74) is 4.24. The second kappa shape index (κ2) is 7.35. The molecule has 0 atom stereocenters. The number of hydrogen-bond acceptors (Lipinski definition) is 4. The number of likely N-dealkylation sites (N-methyl/N-ethyl adjacent to an activating group) is 1. The summed E-state index contributed by atoms with van der Waals surface area (Å²) in [6, 6.07) is 5.10. The Morgan fingerprint density at radius 2 is 1.95 bits per heavy atom. The van der Waals surface area contributed by atoms with Crippen LogP contribution in [0.25, 0.3) is 0 Å². The van der Waals surface area contributed by atoms with Gasteiger partial charge in [0.1, 0.15) is 5.82 Å². The number of rotatable bonds is 4. The predicted octanol–water partition coefficient (Wildman–Crippen LogP) is 1.83. The van der Waals surface area contributed by atoms with Crippen LogP contribution in [0.1, 0.15) is 26.3 Å². The van der Waals surface area contributed by atoms with Crippen molar-refractivity contribution in [1.29, 1.82) is 0 Å². The molecule has 6 heteroatoms. The second-order valence-corrected chi connectivity index (χ2v) is 5.45. The van der Waals surface area contributed by atoms with Crippen molar-refractivity contribution in [3.63, 3.8) is 0 Å². The number of anilines is 1. The summed E-state index contributed by atoms with van der Waals surface area (Å²) < 4.78 is 14.4. The highest BCUT2D eigenvalue weighted by Crippen LogP contribution is 2.22. The third-order valence-corrected chi connectivity index (χ3v) is 3.91. The van der Waals surface area contributed by atoms with Crippen molar-refractivity contribution in [3.05, 3.63) is 29.6 Å². The first kappa shape index (κ1) is 16.4. The summed E-state index contributed by atoms with van der Waals surface area (Å²) in [6.45, 7) is 9.89. The van der Waals surface area contributed by atoms with E-state index in [0.29, 0.717) is 17.0 Å². The fourth-order valence-electron chi connectivity index (χ4n) is 2.52. The zero-order valence-corrected chi connectivity index (χ0v) is 13.4. The molecule has 0 aliphatic carbocycles. The molecule has 120 valence electrons. The Labute approximate surface area is 130 Å². The molecule has 0 unspecified atom stereocenters. The van der Waals surface area contributed by atoms with E-state index in [1.54, 1.807) is 13.0 Å². The van der Waals surface area contributed by atoms with E-state index in [1.165, 1.54) is 13.0 Å². The molecule has 1 aromatic carbocycles. The van der Waals surface area contributed by atoms with Crippen molar-refractivity contribution >= 4 is 17.3 Å². The van der Waals surface area contributed by atoms with Gasteiger partial charge in [-0.3, -0.25) is 4.79 Å². The Kier molecular flexibility index (Phi) is 5.49. The van der Waals surface area contributed by atoms with Gasteiger partial charge in [0.2, 0.25) is 5.91 Å². The van der Waals surface area contributed by atoms with E-state index in [0.717, 1.165) is 32.7 Å². The molecular weight excluding hydrogens is 283 g/mol. The maximum absolute atomic E-state index is 14.4. The van der Waals surface area contributed by atoms with Gasteiger partial charge in [-0.1, -0.05) is 13.0 Å². The van der Waals surface area contributed by atoms with Gasteiger partial charge in [-0.15, -0.1) is 0 Å². The molecule has 0 spiro atoms. The average molecular weight is 306 g/mol. The van der Waals surface area contributed by atoms with Crippen LogP contribution in [0.3, 0.4) is 0 Å². The van der Waals surface area contributed by atoms with Crippen LogP contribution in [0, 0.1) is 5.82 Å². The van der Waals surface area contributed by atoms with Crippen LogP contribution in [0.4, 0.5) is 10.1 Å². The molecule has 5 nitrogen and oxygen atoms in total. The highest BCUT2D eigenvalue weighted by atomic mass is 19.1. The predicted molar refractivity (Wildman–Crippen MR) is 86.8 cm³/mol. The van der Waals surface area contributed by atoms with E-state index in [-0.39, 0.29) is 11.7 Å². The number of nitrogens with zero attached hydrogens (tertiary/aromatic N) is 3. The SMILES string of the molecule is CCN1CCN(c2ccc(/C(C)=N\NC(C)=O)cc2F)CC1. The molecule has 0 bridgehead atoms. The van der Waals surface area contributed by atoms with Crippen molar-refractivity contribution in [2.45, 2.75) is 20.8 Å². The van der Waals surface area contributed by atoms with Gasteiger partial charge in [0, 0.05) is 38.7 Å². The first-order valence-corrected chi connectivity index (χ1v) is 7.59. The van der Waals surface area contributed by atoms with Crippen LogP contribution in [-0.4, -0.2) is 49.2 Å². The third kappa shape index (κ3) is 4.04. The molecule has 0 radical (unpaired) electrons. The lowest BCUT2D eigenvalue weighted by Gasteiger charge is -2.35. The van der Waals surface area contributed by atoms with Crippen LogP contribution in [0.15, 0.2) is 23.3 Å². The van der Waals surface area contributed by atoms with Gasteiger partial charge in [-0.25, -0.2) is 9.82 Å². The third-order valence-electron chi connectivity index (χ3n) is 3.91. The van der Waals surface area contributed by atoms with Gasteiger partial charge < -0.3 is 9.80 Å². The van der Waals surface area contributed by atoms with E-state index in [4.69, 9.17) is 0 Å². The highest BCUT2D eigenvalue weighted by molar-refractivity contribution is 5.99. The first-order valence-electron chi connectivity index (χ1n) is 7.59. The Bertz CT molecular complexity index is 565. The van der Waals surface area contributed by atoms with Crippen molar-refractivity contribution < 1.29 is 9.18 Å². The zero-order chi connectivity index (χ0) is 16.1. The van der Waals surface area contributed by atoms with Crippen LogP contribution < -0.4 is 10.3 Å². The molecule has 1 amide bonds. The molecule has 22 heavy (non-hydrogen) atoms. The Morgan fingerprint density at radius 1 is 1.27 bits per heavy atom. The minimum Gasteiger partial charge on any atom is -0.367 e. The fraction of sp³-hybridized carbons (Fsp3) is 0.500. The van der Waals surface area contributed by atoms with Crippen molar-refractivity contribution in [1.82, 2.24) is 10.3 Å². The van der Waals surface area contributed by atoms with E-state index >= 15 is 0 Å². The van der Waals surface area contributed by atoms with Gasteiger partial charge in [-0.05, 0) is 25.6 Å². The number of carbonyl (C=O) groups excluding carboxylic acids is 1.